The zero-order valence-corrected chi connectivity index (χ0v) is 12.3. The molecule has 0 aromatic heterocycles. The molecule has 1 heterocycles. The molecule has 1 atom stereocenters. The molecular formula is C16H13BrFNO. The SMILES string of the molecule is O=C(c1cccc(Br)c1F)C1CCNc2ccccc21. The number of halogens is 2. The van der Waals surface area contributed by atoms with E-state index < -0.39 is 5.82 Å². The Morgan fingerprint density at radius 3 is 2.85 bits per heavy atom. The van der Waals surface area contributed by atoms with Crippen LogP contribution in [0.25, 0.3) is 0 Å². The van der Waals surface area contributed by atoms with Crippen LogP contribution in [0.5, 0.6) is 0 Å². The fourth-order valence-electron chi connectivity index (χ4n) is 2.62. The van der Waals surface area contributed by atoms with Crippen molar-refractivity contribution >= 4 is 27.4 Å². The largest absolute Gasteiger partial charge is 0.385 e. The number of hydrogen-bond donors (Lipinski definition) is 1. The molecule has 20 heavy (non-hydrogen) atoms. The van der Waals surface area contributed by atoms with Gasteiger partial charge in [-0.05, 0) is 46.1 Å². The van der Waals surface area contributed by atoms with Crippen molar-refractivity contribution in [3.05, 3.63) is 63.9 Å². The minimum Gasteiger partial charge on any atom is -0.385 e. The minimum absolute atomic E-state index is 0.154. The Morgan fingerprint density at radius 2 is 2.00 bits per heavy atom. The molecule has 2 nitrogen and oxygen atoms in total. The molecule has 1 aliphatic rings. The highest BCUT2D eigenvalue weighted by molar-refractivity contribution is 9.10. The van der Waals surface area contributed by atoms with Crippen molar-refractivity contribution in [1.82, 2.24) is 0 Å². The number of fused-ring (bicyclic) bond motifs is 1. The minimum atomic E-state index is -0.478. The van der Waals surface area contributed by atoms with Gasteiger partial charge in [0.2, 0.25) is 0 Å². The van der Waals surface area contributed by atoms with Crippen LogP contribution in [0, 0.1) is 5.82 Å². The molecule has 0 saturated carbocycles. The average molecular weight is 334 g/mol. The number of rotatable bonds is 2. The van der Waals surface area contributed by atoms with Crippen molar-refractivity contribution in [3.63, 3.8) is 0 Å². The molecule has 0 aliphatic carbocycles. The van der Waals surface area contributed by atoms with Crippen molar-refractivity contribution in [2.45, 2.75) is 12.3 Å². The van der Waals surface area contributed by atoms with Crippen molar-refractivity contribution in [3.8, 4) is 0 Å². The first-order valence-corrected chi connectivity index (χ1v) is 7.29. The second-order valence-corrected chi connectivity index (χ2v) is 5.68. The molecule has 0 spiro atoms. The number of Topliss-reactive ketones (excluding diaryl/α,β-unsaturated/α-hetero) is 1. The van der Waals surface area contributed by atoms with Crippen LogP contribution >= 0.6 is 15.9 Å². The number of hydrogen-bond acceptors (Lipinski definition) is 2. The van der Waals surface area contributed by atoms with Gasteiger partial charge in [0.25, 0.3) is 0 Å². The molecule has 0 fully saturated rings. The zero-order valence-electron chi connectivity index (χ0n) is 10.7. The number of carbonyl (C=O) groups excluding carboxylic acids is 1. The Bertz CT molecular complexity index is 671. The summed E-state index contributed by atoms with van der Waals surface area (Å²) >= 11 is 3.13. The molecule has 0 saturated heterocycles. The van der Waals surface area contributed by atoms with Crippen LogP contribution in [0.15, 0.2) is 46.9 Å². The summed E-state index contributed by atoms with van der Waals surface area (Å²) in [5.74, 6) is -0.914. The lowest BCUT2D eigenvalue weighted by Gasteiger charge is -2.25. The molecule has 102 valence electrons. The average Bonchev–Trinajstić information content (AvgIpc) is 2.49. The maximum Gasteiger partial charge on any atom is 0.173 e. The van der Waals surface area contributed by atoms with E-state index in [0.29, 0.717) is 10.9 Å². The Kier molecular flexibility index (Phi) is 3.57. The van der Waals surface area contributed by atoms with E-state index in [1.807, 2.05) is 24.3 Å². The van der Waals surface area contributed by atoms with Crippen molar-refractivity contribution in [2.24, 2.45) is 0 Å². The summed E-state index contributed by atoms with van der Waals surface area (Å²) in [5.41, 5.74) is 2.07. The van der Waals surface area contributed by atoms with E-state index in [1.165, 1.54) is 0 Å². The van der Waals surface area contributed by atoms with E-state index in [0.717, 1.165) is 17.8 Å². The van der Waals surface area contributed by atoms with E-state index in [-0.39, 0.29) is 17.3 Å². The van der Waals surface area contributed by atoms with Gasteiger partial charge in [-0.2, -0.15) is 0 Å². The number of para-hydroxylation sites is 1. The number of carbonyl (C=O) groups is 1. The molecule has 3 rings (SSSR count). The van der Waals surface area contributed by atoms with Gasteiger partial charge in [-0.3, -0.25) is 4.79 Å². The number of benzene rings is 2. The molecule has 0 radical (unpaired) electrons. The van der Waals surface area contributed by atoms with Gasteiger partial charge in [-0.25, -0.2) is 4.39 Å². The molecule has 1 aliphatic heterocycles. The van der Waals surface area contributed by atoms with Gasteiger partial charge in [0.05, 0.1) is 16.0 Å². The lowest BCUT2D eigenvalue weighted by molar-refractivity contribution is 0.0951. The standard InChI is InChI=1S/C16H13BrFNO/c17-13-6-3-5-12(15(13)18)16(20)11-8-9-19-14-7-2-1-4-10(11)14/h1-7,11,19H,8-9H2. The van der Waals surface area contributed by atoms with Gasteiger partial charge < -0.3 is 5.32 Å². The summed E-state index contributed by atoms with van der Waals surface area (Å²) < 4.78 is 14.4. The first-order valence-electron chi connectivity index (χ1n) is 6.49. The highest BCUT2D eigenvalue weighted by atomic mass is 79.9. The van der Waals surface area contributed by atoms with Crippen LogP contribution < -0.4 is 5.32 Å². The van der Waals surface area contributed by atoms with Crippen LogP contribution in [0.4, 0.5) is 10.1 Å². The molecular weight excluding hydrogens is 321 g/mol. The van der Waals surface area contributed by atoms with Gasteiger partial charge in [0, 0.05) is 12.2 Å². The fraction of sp³-hybridized carbons (Fsp3) is 0.188. The van der Waals surface area contributed by atoms with Gasteiger partial charge in [-0.1, -0.05) is 24.3 Å². The summed E-state index contributed by atoms with van der Waals surface area (Å²) in [6.07, 6.45) is 0.682. The summed E-state index contributed by atoms with van der Waals surface area (Å²) in [7, 11) is 0. The summed E-state index contributed by atoms with van der Waals surface area (Å²) in [5, 5.41) is 3.27. The third-order valence-corrected chi connectivity index (χ3v) is 4.23. The fourth-order valence-corrected chi connectivity index (χ4v) is 2.99. The zero-order chi connectivity index (χ0) is 14.1. The predicted octanol–water partition coefficient (Wildman–Crippen LogP) is 4.37. The van der Waals surface area contributed by atoms with Gasteiger partial charge in [0.1, 0.15) is 5.82 Å². The van der Waals surface area contributed by atoms with E-state index in [2.05, 4.69) is 21.2 Å². The van der Waals surface area contributed by atoms with Gasteiger partial charge in [0.15, 0.2) is 5.78 Å². The third-order valence-electron chi connectivity index (χ3n) is 3.62. The van der Waals surface area contributed by atoms with E-state index >= 15 is 0 Å². The molecule has 0 amide bonds. The molecule has 0 bridgehead atoms. The van der Waals surface area contributed by atoms with E-state index in [1.54, 1.807) is 18.2 Å². The van der Waals surface area contributed by atoms with Crippen molar-refractivity contribution in [1.29, 1.82) is 0 Å². The quantitative estimate of drug-likeness (QED) is 0.827. The normalized spacial score (nSPS) is 17.2. The highest BCUT2D eigenvalue weighted by Gasteiger charge is 2.28. The number of nitrogens with one attached hydrogen (secondary N) is 1. The lowest BCUT2D eigenvalue weighted by Crippen LogP contribution is -2.23. The molecule has 2 aromatic carbocycles. The molecule has 2 aromatic rings. The van der Waals surface area contributed by atoms with Crippen LogP contribution in [0.2, 0.25) is 0 Å². The maximum absolute atomic E-state index is 14.1. The molecule has 1 N–H and O–H groups in total. The molecule has 1 unspecified atom stereocenters. The molecule has 4 heteroatoms. The Hall–Kier alpha value is -1.68. The monoisotopic (exact) mass is 333 g/mol. The highest BCUT2D eigenvalue weighted by Crippen LogP contribution is 2.34. The third kappa shape index (κ3) is 2.24. The lowest BCUT2D eigenvalue weighted by atomic mass is 9.85. The Balaban J connectivity index is 2.02. The van der Waals surface area contributed by atoms with Crippen LogP contribution in [0.1, 0.15) is 28.3 Å². The van der Waals surface area contributed by atoms with Crippen LogP contribution in [-0.2, 0) is 0 Å². The summed E-state index contributed by atoms with van der Waals surface area (Å²) in [6, 6.07) is 12.6. The Labute approximate surface area is 125 Å². The second kappa shape index (κ2) is 5.37. The summed E-state index contributed by atoms with van der Waals surface area (Å²) in [4.78, 5) is 12.6. The van der Waals surface area contributed by atoms with E-state index in [4.69, 9.17) is 0 Å². The van der Waals surface area contributed by atoms with Crippen molar-refractivity contribution < 1.29 is 9.18 Å². The summed E-state index contributed by atoms with van der Waals surface area (Å²) in [6.45, 7) is 0.725. The number of ketones is 1. The first-order chi connectivity index (χ1) is 9.68. The van der Waals surface area contributed by atoms with Gasteiger partial charge in [-0.15, -0.1) is 0 Å². The maximum atomic E-state index is 14.1. The van der Waals surface area contributed by atoms with Crippen molar-refractivity contribution in [2.75, 3.05) is 11.9 Å². The van der Waals surface area contributed by atoms with Crippen LogP contribution in [-0.4, -0.2) is 12.3 Å². The second-order valence-electron chi connectivity index (χ2n) is 4.82. The van der Waals surface area contributed by atoms with E-state index in [9.17, 15) is 9.18 Å². The predicted molar refractivity (Wildman–Crippen MR) is 80.7 cm³/mol. The first kappa shape index (κ1) is 13.3. The van der Waals surface area contributed by atoms with Crippen LogP contribution in [0.3, 0.4) is 0 Å². The Morgan fingerprint density at radius 1 is 1.20 bits per heavy atom. The van der Waals surface area contributed by atoms with Gasteiger partial charge >= 0.3 is 0 Å². The number of anilines is 1. The topological polar surface area (TPSA) is 29.1 Å². The smallest absolute Gasteiger partial charge is 0.173 e.